The maximum atomic E-state index is 13.0. The molecule has 1 aliphatic heterocycles. The fourth-order valence-corrected chi connectivity index (χ4v) is 6.06. The van der Waals surface area contributed by atoms with Crippen molar-refractivity contribution >= 4 is 11.9 Å². The van der Waals surface area contributed by atoms with Crippen LogP contribution in [0, 0.1) is 5.92 Å². The number of nitrogens with one attached hydrogen (secondary N) is 1. The van der Waals surface area contributed by atoms with Crippen LogP contribution in [0.5, 0.6) is 0 Å². The Morgan fingerprint density at radius 1 is 0.694 bits per heavy atom. The molecular formula is C31H59N3O2. The highest BCUT2D eigenvalue weighted by atomic mass is 16.2. The van der Waals surface area contributed by atoms with Crippen LogP contribution in [0.1, 0.15) is 155 Å². The molecular weight excluding hydrogens is 446 g/mol. The van der Waals surface area contributed by atoms with Crippen LogP contribution in [0.2, 0.25) is 0 Å². The van der Waals surface area contributed by atoms with Crippen LogP contribution in [-0.4, -0.2) is 48.0 Å². The third kappa shape index (κ3) is 12.9. The van der Waals surface area contributed by atoms with Gasteiger partial charge in [-0.15, -0.1) is 0 Å². The maximum absolute atomic E-state index is 13.0. The molecule has 1 saturated carbocycles. The molecule has 3 amide bonds. The van der Waals surface area contributed by atoms with E-state index in [2.05, 4.69) is 17.1 Å². The molecule has 5 heteroatoms. The smallest absolute Gasteiger partial charge is 0.325 e. The second kappa shape index (κ2) is 19.9. The van der Waals surface area contributed by atoms with Crippen molar-refractivity contribution in [1.82, 2.24) is 15.1 Å². The summed E-state index contributed by atoms with van der Waals surface area (Å²) >= 11 is 0. The standard InChI is InChI=1S/C31H59N3O2/c1-3-4-5-6-7-8-9-10-11-12-13-14-15-16-20-23-26-33(2)27-34-30(35)29(32-31(34)36)28-24-21-18-17-19-22-25-28/h28-29H,3-27H2,1-2H3,(H,32,36). The summed E-state index contributed by atoms with van der Waals surface area (Å²) in [4.78, 5) is 29.1. The lowest BCUT2D eigenvalue weighted by atomic mass is 9.86. The molecule has 0 aromatic rings. The number of amides is 3. The number of unbranched alkanes of at least 4 members (excludes halogenated alkanes) is 15. The third-order valence-electron chi connectivity index (χ3n) is 8.45. The number of nitrogens with zero attached hydrogens (tertiary/aromatic N) is 2. The minimum absolute atomic E-state index is 0.00407. The highest BCUT2D eigenvalue weighted by Gasteiger charge is 2.42. The normalized spacial score (nSPS) is 19.6. The quantitative estimate of drug-likeness (QED) is 0.133. The van der Waals surface area contributed by atoms with Gasteiger partial charge in [-0.1, -0.05) is 135 Å². The van der Waals surface area contributed by atoms with E-state index in [1.807, 2.05) is 7.05 Å². The zero-order valence-corrected chi connectivity index (χ0v) is 24.0. The second-order valence-electron chi connectivity index (χ2n) is 11.8. The molecule has 0 aromatic carbocycles. The Bertz CT molecular complexity index is 574. The van der Waals surface area contributed by atoms with E-state index < -0.39 is 0 Å². The Morgan fingerprint density at radius 2 is 1.14 bits per heavy atom. The second-order valence-corrected chi connectivity index (χ2v) is 11.8. The first-order chi connectivity index (χ1) is 17.6. The molecule has 1 unspecified atom stereocenters. The van der Waals surface area contributed by atoms with Gasteiger partial charge >= 0.3 is 6.03 Å². The van der Waals surface area contributed by atoms with E-state index in [4.69, 9.17) is 0 Å². The van der Waals surface area contributed by atoms with Crippen LogP contribution in [0.25, 0.3) is 0 Å². The monoisotopic (exact) mass is 505 g/mol. The lowest BCUT2D eigenvalue weighted by molar-refractivity contribution is -0.130. The van der Waals surface area contributed by atoms with Crippen LogP contribution in [0.4, 0.5) is 4.79 Å². The van der Waals surface area contributed by atoms with Crippen LogP contribution in [0.3, 0.4) is 0 Å². The van der Waals surface area contributed by atoms with Gasteiger partial charge in [0, 0.05) is 0 Å². The van der Waals surface area contributed by atoms with Crippen molar-refractivity contribution in [2.75, 3.05) is 20.3 Å². The summed E-state index contributed by atoms with van der Waals surface area (Å²) in [7, 11) is 2.04. The molecule has 5 nitrogen and oxygen atoms in total. The number of hydrogen-bond donors (Lipinski definition) is 1. The molecule has 2 fully saturated rings. The van der Waals surface area contributed by atoms with Crippen molar-refractivity contribution in [2.24, 2.45) is 5.92 Å². The van der Waals surface area contributed by atoms with Crippen LogP contribution in [-0.2, 0) is 4.79 Å². The molecule has 0 bridgehead atoms. The first-order valence-electron chi connectivity index (χ1n) is 15.9. The van der Waals surface area contributed by atoms with Gasteiger partial charge < -0.3 is 5.32 Å². The SMILES string of the molecule is CCCCCCCCCCCCCCCCCCN(C)CN1C(=O)NC(C2CCCCCCC2)C1=O. The summed E-state index contributed by atoms with van der Waals surface area (Å²) in [5, 5.41) is 3.01. The number of hydrogen-bond acceptors (Lipinski definition) is 3. The van der Waals surface area contributed by atoms with Gasteiger partial charge in [0.1, 0.15) is 6.04 Å². The molecule has 0 aromatic heterocycles. The summed E-state index contributed by atoms with van der Waals surface area (Å²) < 4.78 is 0. The zero-order valence-electron chi connectivity index (χ0n) is 24.0. The number of urea groups is 1. The van der Waals surface area contributed by atoms with E-state index in [0.29, 0.717) is 12.6 Å². The number of carbonyl (C=O) groups is 2. The molecule has 2 aliphatic rings. The minimum Gasteiger partial charge on any atom is -0.325 e. The average Bonchev–Trinajstić information content (AvgIpc) is 3.12. The molecule has 1 atom stereocenters. The van der Waals surface area contributed by atoms with E-state index >= 15 is 0 Å². The highest BCUT2D eigenvalue weighted by Crippen LogP contribution is 2.28. The lowest BCUT2D eigenvalue weighted by Gasteiger charge is -2.25. The third-order valence-corrected chi connectivity index (χ3v) is 8.45. The maximum Gasteiger partial charge on any atom is 0.325 e. The Morgan fingerprint density at radius 3 is 1.64 bits per heavy atom. The van der Waals surface area contributed by atoms with E-state index in [-0.39, 0.29) is 18.0 Å². The van der Waals surface area contributed by atoms with E-state index in [1.54, 1.807) is 0 Å². The molecule has 2 rings (SSSR count). The van der Waals surface area contributed by atoms with Crippen molar-refractivity contribution < 1.29 is 9.59 Å². The first kappa shape index (κ1) is 31.1. The van der Waals surface area contributed by atoms with Crippen LogP contribution in [0.15, 0.2) is 0 Å². The zero-order chi connectivity index (χ0) is 25.8. The van der Waals surface area contributed by atoms with Crippen molar-refractivity contribution in [1.29, 1.82) is 0 Å². The largest absolute Gasteiger partial charge is 0.325 e. The number of rotatable bonds is 20. The topological polar surface area (TPSA) is 52.6 Å². The highest BCUT2D eigenvalue weighted by molar-refractivity contribution is 6.04. The fraction of sp³-hybridized carbons (Fsp3) is 0.935. The molecule has 1 N–H and O–H groups in total. The average molecular weight is 506 g/mol. The van der Waals surface area contributed by atoms with Crippen molar-refractivity contribution in [3.63, 3.8) is 0 Å². The molecule has 210 valence electrons. The predicted molar refractivity (Wildman–Crippen MR) is 152 cm³/mol. The van der Waals surface area contributed by atoms with Gasteiger partial charge in [0.05, 0.1) is 6.67 Å². The molecule has 1 saturated heterocycles. The van der Waals surface area contributed by atoms with Gasteiger partial charge in [0.15, 0.2) is 0 Å². The summed E-state index contributed by atoms with van der Waals surface area (Å²) in [5.74, 6) is 0.321. The van der Waals surface area contributed by atoms with E-state index in [0.717, 1.165) is 25.8 Å². The lowest BCUT2D eigenvalue weighted by Crippen LogP contribution is -2.41. The molecule has 1 heterocycles. The van der Waals surface area contributed by atoms with E-state index in [1.165, 1.54) is 133 Å². The predicted octanol–water partition coefficient (Wildman–Crippen LogP) is 8.42. The van der Waals surface area contributed by atoms with Crippen LogP contribution >= 0.6 is 0 Å². The molecule has 0 radical (unpaired) electrons. The Hall–Kier alpha value is -1.10. The Balaban J connectivity index is 1.43. The van der Waals surface area contributed by atoms with Gasteiger partial charge in [0.2, 0.25) is 0 Å². The molecule has 1 aliphatic carbocycles. The van der Waals surface area contributed by atoms with Crippen molar-refractivity contribution in [3.8, 4) is 0 Å². The summed E-state index contributed by atoms with van der Waals surface area (Å²) in [6.45, 7) is 3.66. The first-order valence-corrected chi connectivity index (χ1v) is 15.9. The number of imide groups is 1. The number of carbonyl (C=O) groups excluding carboxylic acids is 2. The van der Waals surface area contributed by atoms with Crippen molar-refractivity contribution in [3.05, 3.63) is 0 Å². The Kier molecular flexibility index (Phi) is 17.2. The van der Waals surface area contributed by atoms with Gasteiger partial charge in [-0.05, 0) is 38.8 Å². The van der Waals surface area contributed by atoms with Gasteiger partial charge in [-0.3, -0.25) is 9.69 Å². The minimum atomic E-state index is -0.292. The molecule has 36 heavy (non-hydrogen) atoms. The summed E-state index contributed by atoms with van der Waals surface area (Å²) in [5.41, 5.74) is 0. The van der Waals surface area contributed by atoms with Crippen LogP contribution < -0.4 is 5.32 Å². The Labute approximate surface area is 223 Å². The summed E-state index contributed by atoms with van der Waals surface area (Å²) in [6, 6.07) is -0.481. The van der Waals surface area contributed by atoms with Gasteiger partial charge in [-0.25, -0.2) is 9.69 Å². The fourth-order valence-electron chi connectivity index (χ4n) is 6.06. The van der Waals surface area contributed by atoms with Crippen molar-refractivity contribution in [2.45, 2.75) is 161 Å². The molecule has 0 spiro atoms. The van der Waals surface area contributed by atoms with Gasteiger partial charge in [0.25, 0.3) is 5.91 Å². The summed E-state index contributed by atoms with van der Waals surface area (Å²) in [6.07, 6.45) is 30.4. The van der Waals surface area contributed by atoms with E-state index in [9.17, 15) is 9.59 Å². The van der Waals surface area contributed by atoms with Gasteiger partial charge in [-0.2, -0.15) is 0 Å².